The number of para-hydroxylation sites is 2. The highest BCUT2D eigenvalue weighted by Crippen LogP contribution is 2.52. The van der Waals surface area contributed by atoms with E-state index < -0.39 is 0 Å². The standard InChI is InChI=1S/C43H29NO2/c1-43(2)37-12-6-3-9-31(37)35-19-15-26-23-27(16-20-30(26)42(35)43)44(28-18-22-40-36(24-28)33-11-5-8-14-39(33)45-40)29-17-21-34-32-10-4-7-13-38(32)46-41(34)25-29/h3-25H,1-2H3. The number of furan rings is 2. The van der Waals surface area contributed by atoms with Gasteiger partial charge in [-0.1, -0.05) is 92.7 Å². The van der Waals surface area contributed by atoms with Crippen molar-refractivity contribution in [1.82, 2.24) is 0 Å². The average molecular weight is 592 g/mol. The van der Waals surface area contributed by atoms with Gasteiger partial charge in [-0.15, -0.1) is 0 Å². The third kappa shape index (κ3) is 3.48. The zero-order valence-electron chi connectivity index (χ0n) is 25.5. The molecule has 0 spiro atoms. The number of hydrogen-bond acceptors (Lipinski definition) is 3. The Kier molecular flexibility index (Phi) is 5.06. The van der Waals surface area contributed by atoms with Crippen molar-refractivity contribution in [3.05, 3.63) is 151 Å². The summed E-state index contributed by atoms with van der Waals surface area (Å²) in [5.41, 5.74) is 12.1. The van der Waals surface area contributed by atoms with Crippen LogP contribution in [-0.4, -0.2) is 0 Å². The first-order chi connectivity index (χ1) is 22.5. The van der Waals surface area contributed by atoms with Gasteiger partial charge < -0.3 is 13.7 Å². The second-order valence-corrected chi connectivity index (χ2v) is 13.0. The van der Waals surface area contributed by atoms with Gasteiger partial charge in [-0.3, -0.25) is 0 Å². The van der Waals surface area contributed by atoms with E-state index in [0.29, 0.717) is 0 Å². The van der Waals surface area contributed by atoms with E-state index in [9.17, 15) is 0 Å². The zero-order chi connectivity index (χ0) is 30.6. The molecule has 0 fully saturated rings. The minimum atomic E-state index is -0.0770. The van der Waals surface area contributed by atoms with Crippen LogP contribution in [0.25, 0.3) is 65.8 Å². The molecule has 218 valence electrons. The first-order valence-electron chi connectivity index (χ1n) is 15.8. The van der Waals surface area contributed by atoms with E-state index >= 15 is 0 Å². The monoisotopic (exact) mass is 591 g/mol. The molecule has 0 atom stereocenters. The van der Waals surface area contributed by atoms with Crippen LogP contribution in [0.1, 0.15) is 25.0 Å². The van der Waals surface area contributed by atoms with E-state index in [1.54, 1.807) is 0 Å². The summed E-state index contributed by atoms with van der Waals surface area (Å²) < 4.78 is 12.6. The lowest BCUT2D eigenvalue weighted by atomic mass is 9.80. The van der Waals surface area contributed by atoms with E-state index in [2.05, 4.69) is 134 Å². The number of benzene rings is 7. The van der Waals surface area contributed by atoms with Crippen LogP contribution in [-0.2, 0) is 5.41 Å². The maximum Gasteiger partial charge on any atom is 0.137 e. The normalized spacial score (nSPS) is 13.6. The minimum Gasteiger partial charge on any atom is -0.456 e. The first kappa shape index (κ1) is 25.5. The molecule has 3 heteroatoms. The van der Waals surface area contributed by atoms with Crippen LogP contribution in [0.2, 0.25) is 0 Å². The van der Waals surface area contributed by atoms with E-state index in [1.165, 1.54) is 33.0 Å². The summed E-state index contributed by atoms with van der Waals surface area (Å²) in [5.74, 6) is 0. The van der Waals surface area contributed by atoms with Gasteiger partial charge in [-0.2, -0.15) is 0 Å². The van der Waals surface area contributed by atoms with E-state index in [0.717, 1.165) is 60.9 Å². The molecule has 0 saturated carbocycles. The largest absolute Gasteiger partial charge is 0.456 e. The third-order valence-corrected chi connectivity index (χ3v) is 10.0. The lowest BCUT2D eigenvalue weighted by molar-refractivity contribution is 0.666. The number of nitrogens with zero attached hydrogens (tertiary/aromatic N) is 1. The molecule has 46 heavy (non-hydrogen) atoms. The molecule has 9 aromatic rings. The number of rotatable bonds is 3. The fourth-order valence-corrected chi connectivity index (χ4v) is 7.91. The van der Waals surface area contributed by atoms with Crippen molar-refractivity contribution in [2.75, 3.05) is 4.90 Å². The highest BCUT2D eigenvalue weighted by molar-refractivity contribution is 6.08. The fourth-order valence-electron chi connectivity index (χ4n) is 7.91. The van der Waals surface area contributed by atoms with Crippen molar-refractivity contribution in [1.29, 1.82) is 0 Å². The lowest BCUT2D eigenvalue weighted by Gasteiger charge is -2.27. The van der Waals surface area contributed by atoms with Gasteiger partial charge in [0.2, 0.25) is 0 Å². The SMILES string of the molecule is CC1(C)c2ccccc2-c2ccc3cc(N(c4ccc5c(c4)oc4ccccc45)c4ccc5oc6ccccc6c5c4)ccc3c21. The van der Waals surface area contributed by atoms with Gasteiger partial charge in [0.25, 0.3) is 0 Å². The Labute approximate surface area is 265 Å². The molecule has 3 nitrogen and oxygen atoms in total. The van der Waals surface area contributed by atoms with Crippen LogP contribution in [0.3, 0.4) is 0 Å². The quantitative estimate of drug-likeness (QED) is 0.205. The van der Waals surface area contributed by atoms with Crippen molar-refractivity contribution < 1.29 is 8.83 Å². The summed E-state index contributed by atoms with van der Waals surface area (Å²) in [7, 11) is 0. The molecule has 2 heterocycles. The maximum absolute atomic E-state index is 6.36. The lowest BCUT2D eigenvalue weighted by Crippen LogP contribution is -2.15. The Balaban J connectivity index is 1.20. The van der Waals surface area contributed by atoms with Crippen molar-refractivity contribution in [2.24, 2.45) is 0 Å². The summed E-state index contributed by atoms with van der Waals surface area (Å²) in [6, 6.07) is 49.9. The van der Waals surface area contributed by atoms with Crippen LogP contribution in [0, 0.1) is 0 Å². The molecule has 0 N–H and O–H groups in total. The minimum absolute atomic E-state index is 0.0770. The number of anilines is 3. The highest BCUT2D eigenvalue weighted by Gasteiger charge is 2.36. The first-order valence-corrected chi connectivity index (χ1v) is 15.8. The Morgan fingerprint density at radius 2 is 1.02 bits per heavy atom. The Morgan fingerprint density at radius 3 is 1.85 bits per heavy atom. The van der Waals surface area contributed by atoms with Gasteiger partial charge in [0, 0.05) is 50.1 Å². The van der Waals surface area contributed by atoms with Crippen molar-refractivity contribution in [3.8, 4) is 11.1 Å². The maximum atomic E-state index is 6.36. The van der Waals surface area contributed by atoms with Gasteiger partial charge >= 0.3 is 0 Å². The van der Waals surface area contributed by atoms with Gasteiger partial charge in [0.05, 0.1) is 0 Å². The summed E-state index contributed by atoms with van der Waals surface area (Å²) in [6.45, 7) is 4.70. The Bertz CT molecular complexity index is 2690. The molecule has 1 aliphatic rings. The molecule has 0 radical (unpaired) electrons. The molecule has 7 aromatic carbocycles. The molecule has 0 bridgehead atoms. The second-order valence-electron chi connectivity index (χ2n) is 13.0. The van der Waals surface area contributed by atoms with Gasteiger partial charge in [-0.25, -0.2) is 0 Å². The number of fused-ring (bicyclic) bond motifs is 11. The summed E-state index contributed by atoms with van der Waals surface area (Å²) in [6.07, 6.45) is 0. The van der Waals surface area contributed by atoms with Crippen LogP contribution >= 0.6 is 0 Å². The predicted octanol–water partition coefficient (Wildman–Crippen LogP) is 12.4. The molecule has 2 aromatic heterocycles. The van der Waals surface area contributed by atoms with E-state index in [4.69, 9.17) is 8.83 Å². The van der Waals surface area contributed by atoms with Crippen molar-refractivity contribution >= 4 is 71.7 Å². The van der Waals surface area contributed by atoms with Crippen LogP contribution in [0.5, 0.6) is 0 Å². The van der Waals surface area contributed by atoms with Crippen LogP contribution in [0.4, 0.5) is 17.1 Å². The third-order valence-electron chi connectivity index (χ3n) is 10.0. The van der Waals surface area contributed by atoms with E-state index in [1.807, 2.05) is 24.3 Å². The Morgan fingerprint density at radius 1 is 0.435 bits per heavy atom. The van der Waals surface area contributed by atoms with Gasteiger partial charge in [-0.05, 0) is 87.6 Å². The topological polar surface area (TPSA) is 29.5 Å². The van der Waals surface area contributed by atoms with Gasteiger partial charge in [0.15, 0.2) is 0 Å². The van der Waals surface area contributed by atoms with Gasteiger partial charge in [0.1, 0.15) is 22.3 Å². The molecule has 0 aliphatic heterocycles. The summed E-state index contributed by atoms with van der Waals surface area (Å²) >= 11 is 0. The predicted molar refractivity (Wildman–Crippen MR) is 191 cm³/mol. The molecular weight excluding hydrogens is 562 g/mol. The molecule has 1 aliphatic carbocycles. The molecule has 0 unspecified atom stereocenters. The van der Waals surface area contributed by atoms with Crippen molar-refractivity contribution in [3.63, 3.8) is 0 Å². The average Bonchev–Trinajstić information content (AvgIpc) is 3.72. The fraction of sp³-hybridized carbons (Fsp3) is 0.0698. The summed E-state index contributed by atoms with van der Waals surface area (Å²) in [5, 5.41) is 6.98. The zero-order valence-corrected chi connectivity index (χ0v) is 25.5. The Hall–Kier alpha value is -5.80. The van der Waals surface area contributed by atoms with Crippen molar-refractivity contribution in [2.45, 2.75) is 19.3 Å². The second kappa shape index (κ2) is 9.12. The van der Waals surface area contributed by atoms with E-state index in [-0.39, 0.29) is 5.41 Å². The van der Waals surface area contributed by atoms with Crippen LogP contribution < -0.4 is 4.90 Å². The molecule has 0 amide bonds. The highest BCUT2D eigenvalue weighted by atomic mass is 16.3. The molecule has 10 rings (SSSR count). The smallest absolute Gasteiger partial charge is 0.137 e. The summed E-state index contributed by atoms with van der Waals surface area (Å²) in [4.78, 5) is 2.33. The molecular formula is C43H29NO2. The number of hydrogen-bond donors (Lipinski definition) is 0. The molecule has 0 saturated heterocycles. The van der Waals surface area contributed by atoms with Crippen LogP contribution in [0.15, 0.2) is 148 Å².